The van der Waals surface area contributed by atoms with Crippen LogP contribution in [0, 0.1) is 5.92 Å². The summed E-state index contributed by atoms with van der Waals surface area (Å²) in [4.78, 5) is 13.5. The zero-order valence-corrected chi connectivity index (χ0v) is 14.7. The fourth-order valence-corrected chi connectivity index (χ4v) is 3.21. The lowest BCUT2D eigenvalue weighted by atomic mass is 10.0. The molecule has 2 nitrogen and oxygen atoms in total. The number of rotatable bonds is 6. The molecule has 1 saturated carbocycles. The van der Waals surface area contributed by atoms with E-state index in [-0.39, 0.29) is 18.4 Å². The third kappa shape index (κ3) is 4.87. The molecule has 26 heavy (non-hydrogen) atoms. The Balaban J connectivity index is 1.70. The zero-order chi connectivity index (χ0) is 18.7. The van der Waals surface area contributed by atoms with Crippen molar-refractivity contribution in [1.29, 1.82) is 0 Å². The molecule has 138 valence electrons. The highest BCUT2D eigenvalue weighted by molar-refractivity contribution is 5.79. The van der Waals surface area contributed by atoms with Crippen molar-refractivity contribution in [3.63, 3.8) is 0 Å². The molecule has 2 aromatic carbocycles. The molecule has 1 atom stereocenters. The summed E-state index contributed by atoms with van der Waals surface area (Å²) < 4.78 is 38.7. The summed E-state index contributed by atoms with van der Waals surface area (Å²) in [7, 11) is 0. The molecule has 0 aliphatic heterocycles. The van der Waals surface area contributed by atoms with E-state index < -0.39 is 18.6 Å². The molecular weight excluding hydrogens is 339 g/mol. The van der Waals surface area contributed by atoms with Gasteiger partial charge in [0.15, 0.2) is 0 Å². The van der Waals surface area contributed by atoms with Gasteiger partial charge in [0.1, 0.15) is 6.54 Å². The third-order valence-corrected chi connectivity index (χ3v) is 4.88. The third-order valence-electron chi connectivity index (χ3n) is 4.88. The maximum atomic E-state index is 12.9. The fraction of sp³-hybridized carbons (Fsp3) is 0.381. The van der Waals surface area contributed by atoms with Gasteiger partial charge >= 0.3 is 6.18 Å². The molecule has 3 rings (SSSR count). The first-order chi connectivity index (χ1) is 12.3. The van der Waals surface area contributed by atoms with Crippen molar-refractivity contribution in [2.45, 2.75) is 38.4 Å². The smallest absolute Gasteiger partial charge is 0.330 e. The van der Waals surface area contributed by atoms with Gasteiger partial charge in [-0.3, -0.25) is 4.79 Å². The van der Waals surface area contributed by atoms with Crippen molar-refractivity contribution >= 4 is 5.91 Å². The predicted molar refractivity (Wildman–Crippen MR) is 95.5 cm³/mol. The maximum absolute atomic E-state index is 12.9. The molecule has 5 heteroatoms. The monoisotopic (exact) mass is 361 g/mol. The first-order valence-electron chi connectivity index (χ1n) is 8.84. The van der Waals surface area contributed by atoms with Crippen LogP contribution in [-0.4, -0.2) is 29.6 Å². The number of nitrogens with zero attached hydrogens (tertiary/aromatic N) is 1. The van der Waals surface area contributed by atoms with Gasteiger partial charge in [-0.2, -0.15) is 13.2 Å². The van der Waals surface area contributed by atoms with Crippen LogP contribution in [-0.2, 0) is 11.2 Å². The Labute approximate surface area is 151 Å². The lowest BCUT2D eigenvalue weighted by molar-refractivity contribution is -0.165. The number of carbonyl (C=O) groups is 1. The minimum absolute atomic E-state index is 0.0117. The van der Waals surface area contributed by atoms with E-state index in [1.54, 1.807) is 6.92 Å². The average Bonchev–Trinajstić information content (AvgIpc) is 3.45. The Bertz CT molecular complexity index is 736. The van der Waals surface area contributed by atoms with Gasteiger partial charge in [0.25, 0.3) is 0 Å². The molecule has 0 radical (unpaired) electrons. The average molecular weight is 361 g/mol. The summed E-state index contributed by atoms with van der Waals surface area (Å²) in [5.41, 5.74) is 2.80. The van der Waals surface area contributed by atoms with Crippen molar-refractivity contribution in [3.8, 4) is 11.1 Å². The Kier molecular flexibility index (Phi) is 5.35. The molecule has 2 aromatic rings. The summed E-state index contributed by atoms with van der Waals surface area (Å²) in [5.74, 6) is -0.268. The molecule has 1 fully saturated rings. The number of benzene rings is 2. The summed E-state index contributed by atoms with van der Waals surface area (Å²) in [6.07, 6.45) is -2.60. The maximum Gasteiger partial charge on any atom is 0.406 e. The van der Waals surface area contributed by atoms with Gasteiger partial charge in [-0.05, 0) is 42.4 Å². The highest BCUT2D eigenvalue weighted by Gasteiger charge is 2.40. The fourth-order valence-electron chi connectivity index (χ4n) is 3.21. The van der Waals surface area contributed by atoms with Crippen molar-refractivity contribution in [2.75, 3.05) is 6.54 Å². The topological polar surface area (TPSA) is 20.3 Å². The Morgan fingerprint density at radius 1 is 1.04 bits per heavy atom. The van der Waals surface area contributed by atoms with Crippen LogP contribution < -0.4 is 0 Å². The second-order valence-electron chi connectivity index (χ2n) is 6.95. The number of halogens is 3. The van der Waals surface area contributed by atoms with E-state index >= 15 is 0 Å². The first-order valence-corrected chi connectivity index (χ1v) is 8.84. The molecule has 0 bridgehead atoms. The highest BCUT2D eigenvalue weighted by atomic mass is 19.4. The van der Waals surface area contributed by atoms with Crippen LogP contribution in [0.1, 0.15) is 25.3 Å². The van der Waals surface area contributed by atoms with Crippen molar-refractivity contribution < 1.29 is 18.0 Å². The molecule has 1 amide bonds. The van der Waals surface area contributed by atoms with Gasteiger partial charge in [0.05, 0.1) is 6.42 Å². The molecule has 1 aliphatic carbocycles. The minimum atomic E-state index is -4.38. The second kappa shape index (κ2) is 7.52. The molecule has 0 saturated heterocycles. The van der Waals surface area contributed by atoms with Gasteiger partial charge in [-0.15, -0.1) is 0 Å². The lowest BCUT2D eigenvalue weighted by Crippen LogP contribution is -2.46. The van der Waals surface area contributed by atoms with E-state index in [1.807, 2.05) is 54.6 Å². The molecule has 0 spiro atoms. The molecule has 0 aromatic heterocycles. The highest BCUT2D eigenvalue weighted by Crippen LogP contribution is 2.36. The van der Waals surface area contributed by atoms with Gasteiger partial charge in [0, 0.05) is 6.04 Å². The summed E-state index contributed by atoms with van der Waals surface area (Å²) >= 11 is 0. The molecule has 0 N–H and O–H groups in total. The van der Waals surface area contributed by atoms with E-state index in [1.165, 1.54) is 0 Å². The summed E-state index contributed by atoms with van der Waals surface area (Å²) in [5, 5.41) is 0. The normalized spacial score (nSPS) is 15.5. The molecule has 1 aliphatic rings. The lowest BCUT2D eigenvalue weighted by Gasteiger charge is -2.30. The van der Waals surface area contributed by atoms with Crippen LogP contribution in [0.5, 0.6) is 0 Å². The van der Waals surface area contributed by atoms with Crippen LogP contribution in [0.3, 0.4) is 0 Å². The number of hydrogen-bond donors (Lipinski definition) is 0. The quantitative estimate of drug-likeness (QED) is 0.702. The van der Waals surface area contributed by atoms with E-state index in [4.69, 9.17) is 0 Å². The van der Waals surface area contributed by atoms with Gasteiger partial charge in [-0.25, -0.2) is 0 Å². The zero-order valence-electron chi connectivity index (χ0n) is 14.7. The van der Waals surface area contributed by atoms with Gasteiger partial charge in [-0.1, -0.05) is 54.6 Å². The van der Waals surface area contributed by atoms with E-state index in [9.17, 15) is 18.0 Å². The number of hydrogen-bond acceptors (Lipinski definition) is 1. The van der Waals surface area contributed by atoms with Gasteiger partial charge < -0.3 is 4.90 Å². The Morgan fingerprint density at radius 3 is 2.15 bits per heavy atom. The van der Waals surface area contributed by atoms with Crippen molar-refractivity contribution in [1.82, 2.24) is 4.90 Å². The largest absolute Gasteiger partial charge is 0.406 e. The van der Waals surface area contributed by atoms with Crippen molar-refractivity contribution in [3.05, 3.63) is 60.2 Å². The van der Waals surface area contributed by atoms with E-state index in [0.29, 0.717) is 0 Å². The van der Waals surface area contributed by atoms with Crippen LogP contribution >= 0.6 is 0 Å². The van der Waals surface area contributed by atoms with Crippen LogP contribution in [0.4, 0.5) is 13.2 Å². The predicted octanol–water partition coefficient (Wildman–Crippen LogP) is 5.09. The summed E-state index contributed by atoms with van der Waals surface area (Å²) in [6, 6.07) is 16.9. The van der Waals surface area contributed by atoms with Crippen molar-refractivity contribution in [2.24, 2.45) is 5.92 Å². The standard InChI is InChI=1S/C21H22F3NO/c1-15(17-11-12-17)25(14-21(22,23)24)20(26)13-16-7-9-19(10-8-16)18-5-3-2-4-6-18/h2-10,15,17H,11-14H2,1H3/t15-/m1/s1. The summed E-state index contributed by atoms with van der Waals surface area (Å²) in [6.45, 7) is 0.547. The SMILES string of the molecule is C[C@H](C1CC1)N(CC(F)(F)F)C(=O)Cc1ccc(-c2ccccc2)cc1. The number of amides is 1. The van der Waals surface area contributed by atoms with Crippen LogP contribution in [0.2, 0.25) is 0 Å². The number of carbonyl (C=O) groups excluding carboxylic acids is 1. The molecule has 0 unspecified atom stereocenters. The van der Waals surface area contributed by atoms with Crippen LogP contribution in [0.25, 0.3) is 11.1 Å². The van der Waals surface area contributed by atoms with E-state index in [2.05, 4.69) is 0 Å². The minimum Gasteiger partial charge on any atom is -0.330 e. The van der Waals surface area contributed by atoms with Gasteiger partial charge in [0.2, 0.25) is 5.91 Å². The van der Waals surface area contributed by atoms with Crippen LogP contribution in [0.15, 0.2) is 54.6 Å². The molecular formula is C21H22F3NO. The Morgan fingerprint density at radius 2 is 1.62 bits per heavy atom. The number of alkyl halides is 3. The molecule has 0 heterocycles. The second-order valence-corrected chi connectivity index (χ2v) is 6.95. The van der Waals surface area contributed by atoms with E-state index in [0.717, 1.165) is 34.4 Å². The Hall–Kier alpha value is -2.30. The first kappa shape index (κ1) is 18.5.